The topological polar surface area (TPSA) is 38.5 Å². The van der Waals surface area contributed by atoms with Gasteiger partial charge in [0.25, 0.3) is 0 Å². The van der Waals surface area contributed by atoms with Crippen molar-refractivity contribution < 1.29 is 4.74 Å². The molecule has 2 rings (SSSR count). The molecule has 106 valence electrons. The predicted octanol–water partition coefficient (Wildman–Crippen LogP) is 2.58. The molecule has 0 saturated carbocycles. The number of hydrogen-bond acceptors (Lipinski definition) is 3. The molecule has 0 aromatic heterocycles. The third-order valence-corrected chi connectivity index (χ3v) is 4.21. The minimum Gasteiger partial charge on any atom is -0.399 e. The number of hydrogen-bond donors (Lipinski definition) is 1. The largest absolute Gasteiger partial charge is 0.399 e. The van der Waals surface area contributed by atoms with Crippen LogP contribution in [0.2, 0.25) is 0 Å². The molecule has 0 unspecified atom stereocenters. The molecule has 0 amide bonds. The van der Waals surface area contributed by atoms with Crippen molar-refractivity contribution in [2.75, 3.05) is 38.6 Å². The first-order chi connectivity index (χ1) is 8.99. The first-order valence-corrected chi connectivity index (χ1v) is 7.16. The molecule has 1 aliphatic heterocycles. The molecule has 0 radical (unpaired) electrons. The predicted molar refractivity (Wildman–Crippen MR) is 80.5 cm³/mol. The van der Waals surface area contributed by atoms with Gasteiger partial charge in [-0.2, -0.15) is 0 Å². The van der Waals surface area contributed by atoms with E-state index in [1.807, 2.05) is 6.07 Å². The number of nitrogens with two attached hydrogens (primary N) is 1. The Balaban J connectivity index is 1.98. The molecule has 3 nitrogen and oxygen atoms in total. The lowest BCUT2D eigenvalue weighted by Crippen LogP contribution is -2.38. The van der Waals surface area contributed by atoms with Crippen molar-refractivity contribution in [3.05, 3.63) is 29.3 Å². The minimum absolute atomic E-state index is 0.191. The molecule has 1 aliphatic rings. The fourth-order valence-corrected chi connectivity index (χ4v) is 2.50. The van der Waals surface area contributed by atoms with Crippen LogP contribution in [-0.2, 0) is 10.2 Å². The van der Waals surface area contributed by atoms with E-state index in [2.05, 4.69) is 37.8 Å². The summed E-state index contributed by atoms with van der Waals surface area (Å²) in [6, 6.07) is 6.43. The highest BCUT2D eigenvalue weighted by Crippen LogP contribution is 2.29. The quantitative estimate of drug-likeness (QED) is 0.848. The summed E-state index contributed by atoms with van der Waals surface area (Å²) in [6.07, 6.45) is 1.16. The molecule has 0 aliphatic carbocycles. The molecule has 1 heterocycles. The highest BCUT2D eigenvalue weighted by molar-refractivity contribution is 5.48. The molecule has 19 heavy (non-hydrogen) atoms. The zero-order valence-corrected chi connectivity index (χ0v) is 12.4. The van der Waals surface area contributed by atoms with Gasteiger partial charge in [0.05, 0.1) is 13.2 Å². The van der Waals surface area contributed by atoms with Crippen LogP contribution >= 0.6 is 0 Å². The number of aryl methyl sites for hydroxylation is 1. The molecule has 1 saturated heterocycles. The number of anilines is 1. The smallest absolute Gasteiger partial charge is 0.0594 e. The number of morpholine rings is 1. The van der Waals surface area contributed by atoms with Gasteiger partial charge in [0.15, 0.2) is 0 Å². The van der Waals surface area contributed by atoms with Gasteiger partial charge < -0.3 is 10.5 Å². The summed E-state index contributed by atoms with van der Waals surface area (Å²) >= 11 is 0. The second-order valence-corrected chi connectivity index (χ2v) is 6.16. The summed E-state index contributed by atoms with van der Waals surface area (Å²) in [5.41, 5.74) is 9.53. The Morgan fingerprint density at radius 2 is 1.95 bits per heavy atom. The van der Waals surface area contributed by atoms with E-state index in [-0.39, 0.29) is 5.41 Å². The van der Waals surface area contributed by atoms with Crippen LogP contribution in [0, 0.1) is 6.92 Å². The van der Waals surface area contributed by atoms with Crippen molar-refractivity contribution >= 4 is 5.69 Å². The third kappa shape index (κ3) is 3.71. The fraction of sp³-hybridized carbons (Fsp3) is 0.625. The Labute approximate surface area is 116 Å². The first kappa shape index (κ1) is 14.4. The van der Waals surface area contributed by atoms with Crippen molar-refractivity contribution in [3.63, 3.8) is 0 Å². The van der Waals surface area contributed by atoms with Gasteiger partial charge in [-0.25, -0.2) is 0 Å². The van der Waals surface area contributed by atoms with E-state index in [9.17, 15) is 0 Å². The lowest BCUT2D eigenvalue weighted by atomic mass is 9.80. The number of rotatable bonds is 4. The second kappa shape index (κ2) is 5.93. The summed E-state index contributed by atoms with van der Waals surface area (Å²) in [6.45, 7) is 11.7. The van der Waals surface area contributed by atoms with Gasteiger partial charge in [0, 0.05) is 18.8 Å². The molecule has 3 heteroatoms. The molecule has 0 atom stereocenters. The van der Waals surface area contributed by atoms with Crippen molar-refractivity contribution in [2.45, 2.75) is 32.6 Å². The number of ether oxygens (including phenoxy) is 1. The summed E-state index contributed by atoms with van der Waals surface area (Å²) in [5.74, 6) is 0. The van der Waals surface area contributed by atoms with E-state index in [0.717, 1.165) is 45.0 Å². The molecule has 0 bridgehead atoms. The minimum atomic E-state index is 0.191. The standard InChI is InChI=1S/C16H26N2O/c1-13-12-14(4-5-15(13)17)16(2,3)6-7-18-8-10-19-11-9-18/h4-5,12H,6-11,17H2,1-3H3. The number of nitrogens with zero attached hydrogens (tertiary/aromatic N) is 1. The highest BCUT2D eigenvalue weighted by Gasteiger charge is 2.22. The van der Waals surface area contributed by atoms with Crippen LogP contribution in [0.15, 0.2) is 18.2 Å². The lowest BCUT2D eigenvalue weighted by molar-refractivity contribution is 0.0350. The van der Waals surface area contributed by atoms with Gasteiger partial charge in [-0.15, -0.1) is 0 Å². The van der Waals surface area contributed by atoms with E-state index in [4.69, 9.17) is 10.5 Å². The van der Waals surface area contributed by atoms with Crippen molar-refractivity contribution in [1.82, 2.24) is 4.90 Å². The molecule has 2 N–H and O–H groups in total. The molecular weight excluding hydrogens is 236 g/mol. The van der Waals surface area contributed by atoms with E-state index in [1.54, 1.807) is 0 Å². The van der Waals surface area contributed by atoms with Crippen molar-refractivity contribution in [3.8, 4) is 0 Å². The van der Waals surface area contributed by atoms with Gasteiger partial charge in [0.1, 0.15) is 0 Å². The monoisotopic (exact) mass is 262 g/mol. The second-order valence-electron chi connectivity index (χ2n) is 6.16. The fourth-order valence-electron chi connectivity index (χ4n) is 2.50. The van der Waals surface area contributed by atoms with E-state index >= 15 is 0 Å². The zero-order valence-electron chi connectivity index (χ0n) is 12.4. The molecular formula is C16H26N2O. The molecule has 1 aromatic rings. The summed E-state index contributed by atoms with van der Waals surface area (Å²) < 4.78 is 5.39. The van der Waals surface area contributed by atoms with Gasteiger partial charge in [-0.05, 0) is 42.5 Å². The average molecular weight is 262 g/mol. The Hall–Kier alpha value is -1.06. The maximum atomic E-state index is 5.90. The zero-order chi connectivity index (χ0) is 13.9. The van der Waals surface area contributed by atoms with Crippen LogP contribution in [-0.4, -0.2) is 37.7 Å². The van der Waals surface area contributed by atoms with E-state index in [0.29, 0.717) is 0 Å². The molecule has 1 aromatic carbocycles. The SMILES string of the molecule is Cc1cc(C(C)(C)CCN2CCOCC2)ccc1N. The van der Waals surface area contributed by atoms with E-state index < -0.39 is 0 Å². The van der Waals surface area contributed by atoms with Crippen molar-refractivity contribution in [2.24, 2.45) is 0 Å². The lowest BCUT2D eigenvalue weighted by Gasteiger charge is -2.32. The van der Waals surface area contributed by atoms with Crippen LogP contribution in [0.25, 0.3) is 0 Å². The van der Waals surface area contributed by atoms with Crippen LogP contribution in [0.4, 0.5) is 5.69 Å². The Bertz CT molecular complexity index is 423. The first-order valence-electron chi connectivity index (χ1n) is 7.16. The normalized spacial score (nSPS) is 17.6. The molecule has 0 spiro atoms. The Kier molecular flexibility index (Phi) is 4.48. The van der Waals surface area contributed by atoms with Crippen LogP contribution in [0.5, 0.6) is 0 Å². The Morgan fingerprint density at radius 3 is 2.58 bits per heavy atom. The van der Waals surface area contributed by atoms with Gasteiger partial charge in [-0.1, -0.05) is 26.0 Å². The summed E-state index contributed by atoms with van der Waals surface area (Å²) in [4.78, 5) is 2.50. The van der Waals surface area contributed by atoms with Gasteiger partial charge in [-0.3, -0.25) is 4.90 Å². The van der Waals surface area contributed by atoms with Crippen LogP contribution < -0.4 is 5.73 Å². The van der Waals surface area contributed by atoms with Crippen LogP contribution in [0.3, 0.4) is 0 Å². The number of benzene rings is 1. The van der Waals surface area contributed by atoms with Gasteiger partial charge in [0.2, 0.25) is 0 Å². The third-order valence-electron chi connectivity index (χ3n) is 4.21. The summed E-state index contributed by atoms with van der Waals surface area (Å²) in [5, 5.41) is 0. The molecule has 1 fully saturated rings. The maximum Gasteiger partial charge on any atom is 0.0594 e. The summed E-state index contributed by atoms with van der Waals surface area (Å²) in [7, 11) is 0. The van der Waals surface area contributed by atoms with E-state index in [1.165, 1.54) is 11.1 Å². The van der Waals surface area contributed by atoms with Crippen molar-refractivity contribution in [1.29, 1.82) is 0 Å². The maximum absolute atomic E-state index is 5.90. The Morgan fingerprint density at radius 1 is 1.26 bits per heavy atom. The van der Waals surface area contributed by atoms with Crippen LogP contribution in [0.1, 0.15) is 31.4 Å². The van der Waals surface area contributed by atoms with Gasteiger partial charge >= 0.3 is 0 Å². The highest BCUT2D eigenvalue weighted by atomic mass is 16.5. The number of nitrogen functional groups attached to an aromatic ring is 1. The average Bonchev–Trinajstić information content (AvgIpc) is 2.41.